The van der Waals surface area contributed by atoms with E-state index < -0.39 is 5.91 Å². The van der Waals surface area contributed by atoms with E-state index in [-0.39, 0.29) is 34.5 Å². The van der Waals surface area contributed by atoms with Crippen LogP contribution in [0.1, 0.15) is 34.5 Å². The van der Waals surface area contributed by atoms with E-state index in [1.165, 1.54) is 16.9 Å². The highest BCUT2D eigenvalue weighted by Gasteiger charge is 2.20. The number of rotatable bonds is 4. The van der Waals surface area contributed by atoms with Gasteiger partial charge in [-0.1, -0.05) is 0 Å². The van der Waals surface area contributed by atoms with Crippen molar-refractivity contribution < 1.29 is 9.90 Å². The Hall–Kier alpha value is -3.76. The average molecular weight is 369 g/mol. The predicted molar refractivity (Wildman–Crippen MR) is 98.9 cm³/mol. The van der Waals surface area contributed by atoms with Crippen molar-refractivity contribution in [3.63, 3.8) is 0 Å². The molecule has 11 nitrogen and oxygen atoms in total. The summed E-state index contributed by atoms with van der Waals surface area (Å²) < 4.78 is 3.00. The van der Waals surface area contributed by atoms with Gasteiger partial charge in [-0.3, -0.25) is 19.6 Å². The summed E-state index contributed by atoms with van der Waals surface area (Å²) in [6, 6.07) is 1.51. The number of hydrogen-bond acceptors (Lipinski definition) is 6. The van der Waals surface area contributed by atoms with Crippen molar-refractivity contribution in [3.05, 3.63) is 35.0 Å². The van der Waals surface area contributed by atoms with Crippen molar-refractivity contribution in [2.45, 2.75) is 20.4 Å². The number of nitrogens with zero attached hydrogens (tertiary/aromatic N) is 6. The first-order valence-electron chi connectivity index (χ1n) is 8.07. The Balaban J connectivity index is 2.14. The van der Waals surface area contributed by atoms with Crippen molar-refractivity contribution in [1.29, 1.82) is 5.41 Å². The summed E-state index contributed by atoms with van der Waals surface area (Å²) in [6.45, 7) is 3.89. The SMILES string of the molecule is CCn1nc(C)c(O)c1C(=N)/N=C(\N)c1nc(C(N)=O)cc2c1cnn2C. The molecule has 0 aliphatic heterocycles. The summed E-state index contributed by atoms with van der Waals surface area (Å²) in [4.78, 5) is 19.8. The molecule has 3 rings (SSSR count). The predicted octanol–water partition coefficient (Wildman–Crippen LogP) is 0.0285. The minimum Gasteiger partial charge on any atom is -0.504 e. The van der Waals surface area contributed by atoms with Crippen LogP contribution in [0.4, 0.5) is 0 Å². The van der Waals surface area contributed by atoms with Gasteiger partial charge in [0.2, 0.25) is 0 Å². The Bertz CT molecular complexity index is 1110. The zero-order valence-corrected chi connectivity index (χ0v) is 15.1. The van der Waals surface area contributed by atoms with Crippen LogP contribution in [0.3, 0.4) is 0 Å². The van der Waals surface area contributed by atoms with E-state index in [2.05, 4.69) is 20.2 Å². The van der Waals surface area contributed by atoms with Gasteiger partial charge in [-0.05, 0) is 19.9 Å². The van der Waals surface area contributed by atoms with Crippen LogP contribution < -0.4 is 11.5 Å². The summed E-state index contributed by atoms with van der Waals surface area (Å²) in [6.07, 6.45) is 1.53. The van der Waals surface area contributed by atoms with Gasteiger partial charge in [0, 0.05) is 19.0 Å². The van der Waals surface area contributed by atoms with E-state index in [0.29, 0.717) is 23.1 Å². The van der Waals surface area contributed by atoms with Crippen LogP contribution in [-0.2, 0) is 13.6 Å². The van der Waals surface area contributed by atoms with E-state index >= 15 is 0 Å². The number of aryl methyl sites for hydroxylation is 3. The standard InChI is InChI=1S/C16H19N9O2/c1-4-25-12(13(26)7(2)23-25)15(18)22-14(17)11-8-6-20-24(3)10(8)5-9(21-11)16(19)27/h5-6,26H,4H2,1-3H3,(H2,19,27)(H3,17,18,22). The van der Waals surface area contributed by atoms with Gasteiger partial charge in [-0.25, -0.2) is 9.98 Å². The quantitative estimate of drug-likeness (QED) is 0.372. The molecule has 0 fully saturated rings. The molecule has 3 aromatic heterocycles. The van der Waals surface area contributed by atoms with E-state index in [1.807, 2.05) is 6.92 Å². The number of primary amides is 1. The highest BCUT2D eigenvalue weighted by molar-refractivity contribution is 6.14. The van der Waals surface area contributed by atoms with Crippen molar-refractivity contribution in [1.82, 2.24) is 24.5 Å². The number of amides is 1. The lowest BCUT2D eigenvalue weighted by Crippen LogP contribution is -2.22. The molecule has 3 heterocycles. The number of carbonyl (C=O) groups is 1. The topological polar surface area (TPSA) is 174 Å². The number of nitrogens with two attached hydrogens (primary N) is 2. The molecule has 0 saturated carbocycles. The molecule has 6 N–H and O–H groups in total. The largest absolute Gasteiger partial charge is 0.504 e. The zero-order valence-electron chi connectivity index (χ0n) is 15.1. The molecule has 0 aliphatic rings. The maximum Gasteiger partial charge on any atom is 0.267 e. The summed E-state index contributed by atoms with van der Waals surface area (Å²) in [5, 5.41) is 27.2. The maximum atomic E-state index is 11.6. The van der Waals surface area contributed by atoms with Crippen molar-refractivity contribution >= 4 is 28.5 Å². The van der Waals surface area contributed by atoms with Crippen LogP contribution >= 0.6 is 0 Å². The lowest BCUT2D eigenvalue weighted by molar-refractivity contribution is 0.0995. The number of pyridine rings is 1. The van der Waals surface area contributed by atoms with Gasteiger partial charge in [0.1, 0.15) is 22.8 Å². The Morgan fingerprint density at radius 1 is 1.41 bits per heavy atom. The number of aromatic nitrogens is 5. The molecule has 0 aromatic carbocycles. The lowest BCUT2D eigenvalue weighted by atomic mass is 10.2. The van der Waals surface area contributed by atoms with E-state index in [9.17, 15) is 9.90 Å². The normalized spacial score (nSPS) is 11.9. The second-order valence-corrected chi connectivity index (χ2v) is 5.87. The smallest absolute Gasteiger partial charge is 0.267 e. The van der Waals surface area contributed by atoms with Gasteiger partial charge in [0.15, 0.2) is 17.4 Å². The van der Waals surface area contributed by atoms with Crippen LogP contribution in [0.25, 0.3) is 10.9 Å². The van der Waals surface area contributed by atoms with Gasteiger partial charge in [-0.2, -0.15) is 10.2 Å². The van der Waals surface area contributed by atoms with Gasteiger partial charge < -0.3 is 16.6 Å². The number of amidine groups is 2. The molecule has 27 heavy (non-hydrogen) atoms. The van der Waals surface area contributed by atoms with Crippen LogP contribution in [0.15, 0.2) is 17.3 Å². The Labute approximate surface area is 153 Å². The van der Waals surface area contributed by atoms with Crippen LogP contribution in [0.5, 0.6) is 5.75 Å². The second kappa shape index (κ2) is 6.52. The first-order chi connectivity index (χ1) is 12.7. The number of aliphatic imine (C=N–C) groups is 1. The molecule has 0 bridgehead atoms. The first kappa shape index (κ1) is 18.0. The minimum atomic E-state index is -0.723. The monoisotopic (exact) mass is 369 g/mol. The molecule has 0 saturated heterocycles. The fourth-order valence-electron chi connectivity index (χ4n) is 2.73. The van der Waals surface area contributed by atoms with Crippen LogP contribution in [0.2, 0.25) is 0 Å². The summed E-state index contributed by atoms with van der Waals surface area (Å²) in [7, 11) is 1.70. The molecular formula is C16H19N9O2. The third-order valence-electron chi connectivity index (χ3n) is 4.09. The fourth-order valence-corrected chi connectivity index (χ4v) is 2.73. The molecule has 0 aliphatic carbocycles. The minimum absolute atomic E-state index is 0.00284. The molecule has 0 atom stereocenters. The molecule has 0 spiro atoms. The number of carbonyl (C=O) groups excluding carboxylic acids is 1. The maximum absolute atomic E-state index is 11.6. The molecule has 3 aromatic rings. The van der Waals surface area contributed by atoms with E-state index in [0.717, 1.165) is 0 Å². The van der Waals surface area contributed by atoms with Crippen molar-refractivity contribution in [2.75, 3.05) is 0 Å². The number of aromatic hydroxyl groups is 1. The summed E-state index contributed by atoms with van der Waals surface area (Å²) in [5.74, 6) is -1.25. The van der Waals surface area contributed by atoms with Gasteiger partial charge in [-0.15, -0.1) is 0 Å². The average Bonchev–Trinajstić information content (AvgIpc) is 3.14. The molecular weight excluding hydrogens is 350 g/mol. The third kappa shape index (κ3) is 2.99. The highest BCUT2D eigenvalue weighted by Crippen LogP contribution is 2.23. The Kier molecular flexibility index (Phi) is 4.35. The Morgan fingerprint density at radius 2 is 2.11 bits per heavy atom. The van der Waals surface area contributed by atoms with E-state index in [1.54, 1.807) is 18.7 Å². The molecule has 0 unspecified atom stereocenters. The van der Waals surface area contributed by atoms with Crippen molar-refractivity contribution in [3.8, 4) is 5.75 Å². The number of fused-ring (bicyclic) bond motifs is 1. The Morgan fingerprint density at radius 3 is 2.74 bits per heavy atom. The number of nitrogens with one attached hydrogen (secondary N) is 1. The fraction of sp³-hybridized carbons (Fsp3) is 0.250. The van der Waals surface area contributed by atoms with Crippen molar-refractivity contribution in [2.24, 2.45) is 23.5 Å². The molecule has 140 valence electrons. The van der Waals surface area contributed by atoms with Crippen LogP contribution in [-0.4, -0.2) is 47.2 Å². The molecule has 1 amide bonds. The van der Waals surface area contributed by atoms with Gasteiger partial charge >= 0.3 is 0 Å². The van der Waals surface area contributed by atoms with Gasteiger partial charge in [0.25, 0.3) is 5.91 Å². The van der Waals surface area contributed by atoms with Gasteiger partial charge in [0.05, 0.1) is 11.7 Å². The molecule has 11 heteroatoms. The van der Waals surface area contributed by atoms with E-state index in [4.69, 9.17) is 16.9 Å². The molecule has 0 radical (unpaired) electrons. The third-order valence-corrected chi connectivity index (χ3v) is 4.09. The number of hydrogen-bond donors (Lipinski definition) is 4. The highest BCUT2D eigenvalue weighted by atomic mass is 16.3. The van der Waals surface area contributed by atoms with Crippen LogP contribution in [0, 0.1) is 12.3 Å². The second-order valence-electron chi connectivity index (χ2n) is 5.87. The summed E-state index contributed by atoms with van der Waals surface area (Å²) >= 11 is 0. The first-order valence-corrected chi connectivity index (χ1v) is 8.07. The lowest BCUT2D eigenvalue weighted by Gasteiger charge is -2.07. The summed E-state index contributed by atoms with van der Waals surface area (Å²) in [5.41, 5.74) is 12.7. The zero-order chi connectivity index (χ0) is 19.9.